The van der Waals surface area contributed by atoms with Crippen LogP contribution in [0.2, 0.25) is 0 Å². The van der Waals surface area contributed by atoms with Gasteiger partial charge in [0.15, 0.2) is 6.54 Å². The monoisotopic (exact) mass is 467 g/mol. The number of rotatable bonds is 6. The van der Waals surface area contributed by atoms with Crippen LogP contribution in [0.4, 0.5) is 0 Å². The van der Waals surface area contributed by atoms with E-state index in [0.29, 0.717) is 0 Å². The summed E-state index contributed by atoms with van der Waals surface area (Å²) >= 11 is 0. The first-order valence-electron chi connectivity index (χ1n) is 12.7. The third-order valence-electron chi connectivity index (χ3n) is 6.69. The molecule has 1 nitrogen and oxygen atoms in total. The van der Waals surface area contributed by atoms with Gasteiger partial charge in [-0.3, -0.25) is 0 Å². The predicted octanol–water partition coefficient (Wildman–Crippen LogP) is 3.81. The highest BCUT2D eigenvalue weighted by atomic mass is 14.7. The van der Waals surface area contributed by atoms with Gasteiger partial charge in [0.25, 0.3) is 0 Å². The molecular formula is C34H34BN. The average molecular weight is 467 g/mol. The Morgan fingerprint density at radius 1 is 0.444 bits per heavy atom. The fourth-order valence-corrected chi connectivity index (χ4v) is 5.00. The fourth-order valence-electron chi connectivity index (χ4n) is 5.00. The van der Waals surface area contributed by atoms with E-state index < -0.39 is 6.15 Å². The average Bonchev–Trinajstić information content (AvgIpc) is 2.96. The van der Waals surface area contributed by atoms with Gasteiger partial charge in [0.05, 0.1) is 0 Å². The first-order valence-corrected chi connectivity index (χ1v) is 12.7. The molecule has 0 bridgehead atoms. The van der Waals surface area contributed by atoms with Gasteiger partial charge in [-0.1, -0.05) is 152 Å². The lowest BCUT2D eigenvalue weighted by Crippen LogP contribution is -2.74. The van der Waals surface area contributed by atoms with Crippen molar-refractivity contribution in [3.05, 3.63) is 157 Å². The van der Waals surface area contributed by atoms with Crippen LogP contribution in [0.15, 0.2) is 152 Å². The lowest BCUT2D eigenvalue weighted by atomic mass is 9.13. The van der Waals surface area contributed by atoms with Gasteiger partial charge >= 0.3 is 0 Å². The number of nitrogens with one attached hydrogen (secondary N) is 1. The summed E-state index contributed by atoms with van der Waals surface area (Å²) in [6.07, 6.45) is -1.22. The Kier molecular flexibility index (Phi) is 8.67. The lowest BCUT2D eigenvalue weighted by molar-refractivity contribution is -0.476. The molecule has 5 rings (SSSR count). The molecule has 0 saturated heterocycles. The van der Waals surface area contributed by atoms with Gasteiger partial charge in [0.2, 0.25) is 0 Å². The molecule has 36 heavy (non-hydrogen) atoms. The van der Waals surface area contributed by atoms with E-state index in [0.717, 1.165) is 6.54 Å². The number of hydrogen-bond acceptors (Lipinski definition) is 0. The van der Waals surface area contributed by atoms with Crippen molar-refractivity contribution in [3.63, 3.8) is 0 Å². The van der Waals surface area contributed by atoms with E-state index in [1.165, 1.54) is 33.1 Å². The van der Waals surface area contributed by atoms with Crippen LogP contribution in [0.3, 0.4) is 0 Å². The summed E-state index contributed by atoms with van der Waals surface area (Å²) in [7, 11) is 0. The summed E-state index contributed by atoms with van der Waals surface area (Å²) in [6.45, 7) is 5.08. The maximum absolute atomic E-state index is 3.28. The molecule has 0 atom stereocenters. The van der Waals surface area contributed by atoms with Crippen LogP contribution in [0, 0.1) is 0 Å². The van der Waals surface area contributed by atoms with E-state index in [2.05, 4.69) is 164 Å². The van der Waals surface area contributed by atoms with Gasteiger partial charge in [-0.15, -0.1) is 0 Å². The van der Waals surface area contributed by atoms with Crippen LogP contribution in [-0.4, -0.2) is 11.9 Å². The van der Waals surface area contributed by atoms with Crippen molar-refractivity contribution in [2.45, 2.75) is 20.4 Å². The Hall–Kier alpha value is -4.17. The Bertz CT molecular complexity index is 1170. The molecule has 0 unspecified atom stereocenters. The molecule has 0 aliphatic rings. The number of benzene rings is 5. The summed E-state index contributed by atoms with van der Waals surface area (Å²) in [5.41, 5.74) is 7.94. The standard InChI is InChI=1S/C24H20B.C10H13N/c1-5-13-21(14-6-1)25(22-15-7-2-8-16-22,23-17-9-3-10-18-23)24-19-11-4-12-20-24;1-9(2)11-8-10-6-4-3-5-7-10/h1-20H;3-7H,8H2,1-2H3/q-1;/p+1. The molecule has 0 fully saturated rings. The largest absolute Gasteiger partial charge is 0.245 e. The molecule has 0 radical (unpaired) electrons. The normalized spacial score (nSPS) is 10.6. The van der Waals surface area contributed by atoms with Gasteiger partial charge < -0.3 is 0 Å². The van der Waals surface area contributed by atoms with Crippen molar-refractivity contribution in [1.82, 2.24) is 0 Å². The molecule has 0 spiro atoms. The Balaban J connectivity index is 0.000000233. The topological polar surface area (TPSA) is 14.0 Å². The van der Waals surface area contributed by atoms with Crippen LogP contribution < -0.4 is 26.8 Å². The molecule has 1 N–H and O–H groups in total. The zero-order valence-corrected chi connectivity index (χ0v) is 21.2. The first-order chi connectivity index (χ1) is 17.7. The van der Waals surface area contributed by atoms with Crippen LogP contribution in [-0.2, 0) is 6.54 Å². The first kappa shape index (κ1) is 24.9. The van der Waals surface area contributed by atoms with Crippen molar-refractivity contribution >= 4 is 33.7 Å². The molecule has 178 valence electrons. The highest BCUT2D eigenvalue weighted by molar-refractivity contribution is 7.19. The molecule has 5 aromatic carbocycles. The molecule has 5 aromatic rings. The minimum atomic E-state index is -1.22. The van der Waals surface area contributed by atoms with Crippen molar-refractivity contribution in [2.24, 2.45) is 0 Å². The maximum Gasteiger partial charge on any atom is 0.166 e. The van der Waals surface area contributed by atoms with E-state index >= 15 is 0 Å². The van der Waals surface area contributed by atoms with Crippen LogP contribution in [0.1, 0.15) is 19.4 Å². The van der Waals surface area contributed by atoms with Gasteiger partial charge in [0.1, 0.15) is 11.9 Å². The van der Waals surface area contributed by atoms with Crippen molar-refractivity contribution in [3.8, 4) is 0 Å². The molecule has 0 aliphatic heterocycles. The lowest BCUT2D eigenvalue weighted by Gasteiger charge is -2.44. The van der Waals surface area contributed by atoms with E-state index in [1.807, 2.05) is 6.07 Å². The minimum Gasteiger partial charge on any atom is -0.245 e. The Labute approximate surface area is 216 Å². The highest BCUT2D eigenvalue weighted by Gasteiger charge is 2.30. The summed E-state index contributed by atoms with van der Waals surface area (Å²) in [6, 6.07) is 53.9. The van der Waals surface area contributed by atoms with Gasteiger partial charge in [0, 0.05) is 19.4 Å². The SMILES string of the molecule is CC(C)=[NH+]Cc1ccccc1.c1ccc([B-](c2ccccc2)(c2ccccc2)c2ccccc2)cc1. The number of hydrogen-bond donors (Lipinski definition) is 1. The van der Waals surface area contributed by atoms with Gasteiger partial charge in [-0.25, -0.2) is 4.99 Å². The molecule has 0 aromatic heterocycles. The zero-order chi connectivity index (χ0) is 25.1. The second-order valence-corrected chi connectivity index (χ2v) is 9.35. The zero-order valence-electron chi connectivity index (χ0n) is 21.2. The summed E-state index contributed by atoms with van der Waals surface area (Å²) in [5.74, 6) is 0. The third-order valence-corrected chi connectivity index (χ3v) is 6.69. The second-order valence-electron chi connectivity index (χ2n) is 9.35. The van der Waals surface area contributed by atoms with Gasteiger partial charge in [-0.2, -0.15) is 21.9 Å². The maximum atomic E-state index is 3.28. The van der Waals surface area contributed by atoms with Crippen LogP contribution in [0.25, 0.3) is 0 Å². The molecule has 2 heteroatoms. The van der Waals surface area contributed by atoms with Crippen molar-refractivity contribution < 1.29 is 4.99 Å². The third kappa shape index (κ3) is 5.90. The molecular weight excluding hydrogens is 433 g/mol. The fraction of sp³-hybridized carbons (Fsp3) is 0.0882. The second kappa shape index (κ2) is 12.5. The van der Waals surface area contributed by atoms with E-state index in [4.69, 9.17) is 0 Å². The van der Waals surface area contributed by atoms with Crippen LogP contribution in [0.5, 0.6) is 0 Å². The van der Waals surface area contributed by atoms with Crippen molar-refractivity contribution in [2.75, 3.05) is 0 Å². The molecule has 0 heterocycles. The van der Waals surface area contributed by atoms with Gasteiger partial charge in [-0.05, 0) is 0 Å². The summed E-state index contributed by atoms with van der Waals surface area (Å²) in [4.78, 5) is 3.28. The summed E-state index contributed by atoms with van der Waals surface area (Å²) < 4.78 is 0. The molecule has 0 amide bonds. The predicted molar refractivity (Wildman–Crippen MR) is 158 cm³/mol. The quantitative estimate of drug-likeness (QED) is 0.289. The van der Waals surface area contributed by atoms with E-state index in [-0.39, 0.29) is 0 Å². The summed E-state index contributed by atoms with van der Waals surface area (Å²) in [5, 5.41) is 0. The minimum absolute atomic E-state index is 0.934. The highest BCUT2D eigenvalue weighted by Crippen LogP contribution is 2.09. The van der Waals surface area contributed by atoms with E-state index in [9.17, 15) is 0 Å². The van der Waals surface area contributed by atoms with Crippen molar-refractivity contribution in [1.29, 1.82) is 0 Å². The Morgan fingerprint density at radius 2 is 0.722 bits per heavy atom. The molecule has 0 saturated carbocycles. The Morgan fingerprint density at radius 3 is 1.00 bits per heavy atom. The smallest absolute Gasteiger partial charge is 0.166 e. The van der Waals surface area contributed by atoms with E-state index in [1.54, 1.807) is 0 Å². The molecule has 0 aliphatic carbocycles. The van der Waals surface area contributed by atoms with Crippen LogP contribution >= 0.6 is 0 Å².